The van der Waals surface area contributed by atoms with E-state index < -0.39 is 18.5 Å². The van der Waals surface area contributed by atoms with E-state index in [0.29, 0.717) is 16.1 Å². The number of anilines is 1. The molecule has 0 aliphatic rings. The number of benzene rings is 1. The van der Waals surface area contributed by atoms with E-state index in [1.54, 1.807) is 24.3 Å². The van der Waals surface area contributed by atoms with Crippen LogP contribution in [0, 0.1) is 0 Å². The molecular weight excluding hydrogens is 330 g/mol. The normalized spacial score (nSPS) is 10.1. The van der Waals surface area contributed by atoms with Gasteiger partial charge in [0.15, 0.2) is 17.0 Å². The fraction of sp³-hybridized carbons (Fsp3) is 0.0769. The molecule has 1 amide bonds. The highest BCUT2D eigenvalue weighted by atomic mass is 79.9. The smallest absolute Gasteiger partial charge is 0.341 e. The second kappa shape index (κ2) is 6.25. The molecule has 0 saturated carbocycles. The van der Waals surface area contributed by atoms with Gasteiger partial charge in [-0.05, 0) is 40.2 Å². The molecule has 7 heteroatoms. The van der Waals surface area contributed by atoms with Crippen molar-refractivity contribution in [3.05, 3.63) is 46.8 Å². The van der Waals surface area contributed by atoms with Crippen LogP contribution in [0.2, 0.25) is 0 Å². The van der Waals surface area contributed by atoms with Gasteiger partial charge in [-0.2, -0.15) is 0 Å². The standard InChI is InChI=1S/C13H10BrNO5/c14-11-5-4-10(20-11)13(18)15-8-2-1-3-9(6-8)19-7-12(16)17/h1-6H,7H2,(H,15,18)(H,16,17). The third-order valence-corrected chi connectivity index (χ3v) is 2.68. The molecule has 2 rings (SSSR count). The summed E-state index contributed by atoms with van der Waals surface area (Å²) < 4.78 is 10.6. The molecule has 20 heavy (non-hydrogen) atoms. The molecule has 0 saturated heterocycles. The second-order valence-corrected chi connectivity index (χ2v) is 4.55. The van der Waals surface area contributed by atoms with Crippen molar-refractivity contribution < 1.29 is 23.8 Å². The van der Waals surface area contributed by atoms with Gasteiger partial charge in [0.1, 0.15) is 5.75 Å². The number of halogens is 1. The van der Waals surface area contributed by atoms with Crippen molar-refractivity contribution >= 4 is 33.5 Å². The Morgan fingerprint density at radius 2 is 2.10 bits per heavy atom. The van der Waals surface area contributed by atoms with Gasteiger partial charge in [-0.25, -0.2) is 4.79 Å². The molecule has 6 nitrogen and oxygen atoms in total. The van der Waals surface area contributed by atoms with Gasteiger partial charge >= 0.3 is 5.97 Å². The van der Waals surface area contributed by atoms with Crippen LogP contribution in [0.3, 0.4) is 0 Å². The molecule has 0 fully saturated rings. The van der Waals surface area contributed by atoms with Crippen LogP contribution >= 0.6 is 15.9 Å². The Morgan fingerprint density at radius 3 is 2.75 bits per heavy atom. The lowest BCUT2D eigenvalue weighted by atomic mass is 10.3. The number of rotatable bonds is 5. The zero-order valence-electron chi connectivity index (χ0n) is 10.1. The van der Waals surface area contributed by atoms with E-state index in [-0.39, 0.29) is 5.76 Å². The van der Waals surface area contributed by atoms with Gasteiger partial charge < -0.3 is 19.6 Å². The SMILES string of the molecule is O=C(O)COc1cccc(NC(=O)c2ccc(Br)o2)c1. The molecular formula is C13H10BrNO5. The first-order valence-corrected chi connectivity index (χ1v) is 6.35. The van der Waals surface area contributed by atoms with E-state index in [1.807, 2.05) is 0 Å². The summed E-state index contributed by atoms with van der Waals surface area (Å²) in [6, 6.07) is 9.57. The van der Waals surface area contributed by atoms with Crippen LogP contribution in [0.1, 0.15) is 10.6 Å². The lowest BCUT2D eigenvalue weighted by Gasteiger charge is -2.06. The van der Waals surface area contributed by atoms with Crippen LogP contribution in [0.4, 0.5) is 5.69 Å². The Hall–Kier alpha value is -2.28. The van der Waals surface area contributed by atoms with Crippen LogP contribution in [0.5, 0.6) is 5.75 Å². The Kier molecular flexibility index (Phi) is 4.41. The zero-order valence-corrected chi connectivity index (χ0v) is 11.7. The summed E-state index contributed by atoms with van der Waals surface area (Å²) in [5, 5.41) is 11.1. The fourth-order valence-electron chi connectivity index (χ4n) is 1.44. The lowest BCUT2D eigenvalue weighted by Crippen LogP contribution is -2.12. The highest BCUT2D eigenvalue weighted by Gasteiger charge is 2.11. The van der Waals surface area contributed by atoms with Crippen LogP contribution < -0.4 is 10.1 Å². The average molecular weight is 340 g/mol. The summed E-state index contributed by atoms with van der Waals surface area (Å²) in [5.74, 6) is -0.967. The first-order chi connectivity index (χ1) is 9.54. The molecule has 0 bridgehead atoms. The Bertz CT molecular complexity index is 637. The number of carbonyl (C=O) groups is 2. The summed E-state index contributed by atoms with van der Waals surface area (Å²) in [6.45, 7) is -0.442. The van der Waals surface area contributed by atoms with Crippen molar-refractivity contribution in [2.45, 2.75) is 0 Å². The van der Waals surface area contributed by atoms with Gasteiger partial charge in [0.05, 0.1) is 0 Å². The van der Waals surface area contributed by atoms with Crippen LogP contribution in [0.25, 0.3) is 0 Å². The van der Waals surface area contributed by atoms with Crippen LogP contribution in [0.15, 0.2) is 45.5 Å². The van der Waals surface area contributed by atoms with Crippen LogP contribution in [-0.2, 0) is 4.79 Å². The number of carboxylic acid groups (broad SMARTS) is 1. The minimum atomic E-state index is -1.07. The zero-order chi connectivity index (χ0) is 14.5. The predicted octanol–water partition coefficient (Wildman–Crippen LogP) is 2.76. The Balaban J connectivity index is 2.04. The van der Waals surface area contributed by atoms with Gasteiger partial charge in [-0.1, -0.05) is 6.07 Å². The van der Waals surface area contributed by atoms with E-state index in [4.69, 9.17) is 14.3 Å². The van der Waals surface area contributed by atoms with Gasteiger partial charge in [-0.3, -0.25) is 4.79 Å². The topological polar surface area (TPSA) is 88.8 Å². The molecule has 1 heterocycles. The first-order valence-electron chi connectivity index (χ1n) is 5.56. The average Bonchev–Trinajstić information content (AvgIpc) is 2.84. The van der Waals surface area contributed by atoms with E-state index >= 15 is 0 Å². The molecule has 0 spiro atoms. The maximum atomic E-state index is 11.8. The number of carbonyl (C=O) groups excluding carboxylic acids is 1. The van der Waals surface area contributed by atoms with Gasteiger partial charge in [0.2, 0.25) is 0 Å². The molecule has 0 aliphatic carbocycles. The Morgan fingerprint density at radius 1 is 1.30 bits per heavy atom. The van der Waals surface area contributed by atoms with Crippen molar-refractivity contribution in [2.24, 2.45) is 0 Å². The van der Waals surface area contributed by atoms with Gasteiger partial charge in [-0.15, -0.1) is 0 Å². The van der Waals surface area contributed by atoms with Crippen molar-refractivity contribution in [1.29, 1.82) is 0 Å². The molecule has 1 aromatic carbocycles. The fourth-order valence-corrected chi connectivity index (χ4v) is 1.74. The predicted molar refractivity (Wildman–Crippen MR) is 73.9 cm³/mol. The monoisotopic (exact) mass is 339 g/mol. The number of amides is 1. The molecule has 0 unspecified atom stereocenters. The summed E-state index contributed by atoms with van der Waals surface area (Å²) >= 11 is 3.11. The van der Waals surface area contributed by atoms with Gasteiger partial charge in [0.25, 0.3) is 5.91 Å². The van der Waals surface area contributed by atoms with Crippen molar-refractivity contribution in [2.75, 3.05) is 11.9 Å². The largest absolute Gasteiger partial charge is 0.482 e. The lowest BCUT2D eigenvalue weighted by molar-refractivity contribution is -0.139. The van der Waals surface area contributed by atoms with Crippen LogP contribution in [-0.4, -0.2) is 23.6 Å². The number of nitrogens with one attached hydrogen (secondary N) is 1. The number of hydrogen-bond donors (Lipinski definition) is 2. The van der Waals surface area contributed by atoms with E-state index in [2.05, 4.69) is 21.2 Å². The second-order valence-electron chi connectivity index (χ2n) is 3.77. The summed E-state index contributed by atoms with van der Waals surface area (Å²) in [5.41, 5.74) is 0.477. The summed E-state index contributed by atoms with van der Waals surface area (Å²) in [6.07, 6.45) is 0. The molecule has 0 atom stereocenters. The van der Waals surface area contributed by atoms with E-state index in [0.717, 1.165) is 0 Å². The third-order valence-electron chi connectivity index (χ3n) is 2.25. The van der Waals surface area contributed by atoms with E-state index in [1.165, 1.54) is 12.1 Å². The van der Waals surface area contributed by atoms with Crippen molar-refractivity contribution in [3.8, 4) is 5.75 Å². The number of aliphatic carboxylic acids is 1. The summed E-state index contributed by atoms with van der Waals surface area (Å²) in [4.78, 5) is 22.3. The Labute approximate surface area is 122 Å². The first kappa shape index (κ1) is 14.1. The van der Waals surface area contributed by atoms with E-state index in [9.17, 15) is 9.59 Å². The molecule has 0 aliphatic heterocycles. The minimum Gasteiger partial charge on any atom is -0.482 e. The third kappa shape index (κ3) is 3.86. The molecule has 1 aromatic heterocycles. The minimum absolute atomic E-state index is 0.161. The molecule has 2 aromatic rings. The molecule has 0 radical (unpaired) electrons. The number of carboxylic acids is 1. The maximum absolute atomic E-state index is 11.8. The van der Waals surface area contributed by atoms with Crippen molar-refractivity contribution in [1.82, 2.24) is 0 Å². The molecule has 104 valence electrons. The number of hydrogen-bond acceptors (Lipinski definition) is 4. The number of ether oxygens (including phenoxy) is 1. The number of furan rings is 1. The quantitative estimate of drug-likeness (QED) is 0.874. The highest BCUT2D eigenvalue weighted by Crippen LogP contribution is 2.19. The molecule has 2 N–H and O–H groups in total. The highest BCUT2D eigenvalue weighted by molar-refractivity contribution is 9.10. The van der Waals surface area contributed by atoms with Gasteiger partial charge in [0, 0.05) is 11.8 Å². The maximum Gasteiger partial charge on any atom is 0.341 e. The summed E-state index contributed by atoms with van der Waals surface area (Å²) in [7, 11) is 0. The van der Waals surface area contributed by atoms with Crippen molar-refractivity contribution in [3.63, 3.8) is 0 Å².